The number of aliphatic hydroxyl groups is 1. The highest BCUT2D eigenvalue weighted by atomic mass is 28.4. The SMILES string of the molecule is CCCCCCC(O)c1ccc(-n2c(O[Si](C(C)C)(C(C)C)C(C)C)ccc2O[Si](C(C)C)(C(C)C)C(C)C)cc1. The highest BCUT2D eigenvalue weighted by Gasteiger charge is 2.49. The van der Waals surface area contributed by atoms with Gasteiger partial charge in [0.25, 0.3) is 16.6 Å². The lowest BCUT2D eigenvalue weighted by atomic mass is 10.0. The van der Waals surface area contributed by atoms with Crippen LogP contribution in [0.1, 0.15) is 134 Å². The molecule has 234 valence electrons. The van der Waals surface area contributed by atoms with E-state index in [1.165, 1.54) is 19.3 Å². The van der Waals surface area contributed by atoms with Gasteiger partial charge < -0.3 is 14.0 Å². The van der Waals surface area contributed by atoms with Crippen molar-refractivity contribution in [1.29, 1.82) is 0 Å². The molecule has 0 fully saturated rings. The lowest BCUT2D eigenvalue weighted by molar-refractivity contribution is 0.163. The smallest absolute Gasteiger partial charge is 0.260 e. The molecule has 1 aromatic carbocycles. The second kappa shape index (κ2) is 15.3. The number of hydrogen-bond donors (Lipinski definition) is 1. The molecule has 0 bridgehead atoms. The molecule has 2 aromatic rings. The van der Waals surface area contributed by atoms with Crippen LogP contribution in [-0.4, -0.2) is 26.3 Å². The van der Waals surface area contributed by atoms with Gasteiger partial charge in [-0.3, -0.25) is 4.57 Å². The Hall–Kier alpha value is -1.51. The molecule has 0 aliphatic rings. The maximum Gasteiger partial charge on any atom is 0.260 e. The second-order valence-electron chi connectivity index (χ2n) is 14.1. The van der Waals surface area contributed by atoms with Gasteiger partial charge in [0.2, 0.25) is 0 Å². The Balaban J connectivity index is 2.65. The van der Waals surface area contributed by atoms with E-state index in [0.29, 0.717) is 33.2 Å². The fraction of sp³-hybridized carbons (Fsp3) is 0.714. The first-order chi connectivity index (χ1) is 19.2. The third-order valence-electron chi connectivity index (χ3n) is 9.65. The molecule has 0 saturated heterocycles. The van der Waals surface area contributed by atoms with Crippen LogP contribution in [0, 0.1) is 0 Å². The number of aromatic nitrogens is 1. The van der Waals surface area contributed by atoms with Gasteiger partial charge in [0.1, 0.15) is 0 Å². The van der Waals surface area contributed by atoms with Crippen LogP contribution in [0.4, 0.5) is 0 Å². The van der Waals surface area contributed by atoms with Crippen molar-refractivity contribution in [1.82, 2.24) is 4.57 Å². The Labute approximate surface area is 255 Å². The van der Waals surface area contributed by atoms with E-state index < -0.39 is 22.7 Å². The monoisotopic (exact) mass is 601 g/mol. The lowest BCUT2D eigenvalue weighted by Gasteiger charge is -2.43. The second-order valence-corrected chi connectivity index (χ2v) is 24.9. The molecule has 1 aromatic heterocycles. The molecule has 41 heavy (non-hydrogen) atoms. The number of rotatable bonds is 17. The molecule has 4 nitrogen and oxygen atoms in total. The van der Waals surface area contributed by atoms with E-state index >= 15 is 0 Å². The van der Waals surface area contributed by atoms with Crippen molar-refractivity contribution in [2.24, 2.45) is 0 Å². The first kappa shape index (κ1) is 35.7. The van der Waals surface area contributed by atoms with Crippen LogP contribution in [-0.2, 0) is 0 Å². The molecule has 0 aliphatic heterocycles. The third-order valence-corrected chi connectivity index (χ3v) is 21.6. The maximum absolute atomic E-state index is 10.9. The highest BCUT2D eigenvalue weighted by molar-refractivity contribution is 6.78. The number of aliphatic hydroxyl groups excluding tert-OH is 1. The molecule has 0 radical (unpaired) electrons. The molecular formula is C35H63NO3Si2. The summed E-state index contributed by atoms with van der Waals surface area (Å²) in [6.45, 7) is 30.2. The maximum atomic E-state index is 10.9. The molecule has 1 N–H and O–H groups in total. The highest BCUT2D eigenvalue weighted by Crippen LogP contribution is 2.47. The summed E-state index contributed by atoms with van der Waals surface area (Å²) >= 11 is 0. The van der Waals surface area contributed by atoms with Crippen LogP contribution in [0.3, 0.4) is 0 Å². The molecule has 1 atom stereocenters. The number of unbranched alkanes of at least 4 members (excludes halogenated alkanes) is 3. The summed E-state index contributed by atoms with van der Waals surface area (Å²) in [5.41, 5.74) is 4.82. The quantitative estimate of drug-likeness (QED) is 0.145. The van der Waals surface area contributed by atoms with Crippen molar-refractivity contribution in [3.63, 3.8) is 0 Å². The zero-order valence-electron chi connectivity index (χ0n) is 28.8. The summed E-state index contributed by atoms with van der Waals surface area (Å²) in [6, 6.07) is 12.7. The van der Waals surface area contributed by atoms with Crippen molar-refractivity contribution < 1.29 is 14.0 Å². The zero-order chi connectivity index (χ0) is 31.1. The molecule has 1 heterocycles. The first-order valence-corrected chi connectivity index (χ1v) is 20.8. The topological polar surface area (TPSA) is 43.6 Å². The van der Waals surface area contributed by atoms with Gasteiger partial charge in [0.15, 0.2) is 11.8 Å². The molecule has 6 heteroatoms. The van der Waals surface area contributed by atoms with Crippen LogP contribution in [0.25, 0.3) is 5.69 Å². The number of benzene rings is 1. The van der Waals surface area contributed by atoms with E-state index in [1.54, 1.807) is 0 Å². The predicted octanol–water partition coefficient (Wildman–Crippen LogP) is 11.6. The predicted molar refractivity (Wildman–Crippen MR) is 183 cm³/mol. The Kier molecular flexibility index (Phi) is 13.3. The van der Waals surface area contributed by atoms with E-state index in [1.807, 2.05) is 0 Å². The van der Waals surface area contributed by atoms with Gasteiger partial charge >= 0.3 is 0 Å². The first-order valence-electron chi connectivity index (χ1n) is 16.5. The minimum atomic E-state index is -2.20. The fourth-order valence-corrected chi connectivity index (χ4v) is 18.1. The van der Waals surface area contributed by atoms with Gasteiger partial charge in [-0.25, -0.2) is 0 Å². The molecule has 1 unspecified atom stereocenters. The number of nitrogens with zero attached hydrogens (tertiary/aromatic N) is 1. The van der Waals surface area contributed by atoms with Crippen molar-refractivity contribution in [3.8, 4) is 17.4 Å². The van der Waals surface area contributed by atoms with Crippen LogP contribution in [0.2, 0.25) is 33.2 Å². The van der Waals surface area contributed by atoms with Crippen LogP contribution in [0.5, 0.6) is 11.8 Å². The van der Waals surface area contributed by atoms with Gasteiger partial charge in [0, 0.05) is 12.1 Å². The van der Waals surface area contributed by atoms with E-state index in [0.717, 1.165) is 35.9 Å². The van der Waals surface area contributed by atoms with Gasteiger partial charge in [-0.15, -0.1) is 0 Å². The van der Waals surface area contributed by atoms with E-state index in [-0.39, 0.29) is 0 Å². The minimum Gasteiger partial charge on any atom is -0.531 e. The standard InChI is InChI=1S/C35H63NO3Si2/c1-14-15-16-17-18-33(37)31-19-21-32(22-20-31)36-34(38-40(25(2)3,26(4)5)27(6)7)23-24-35(36)39-41(28(8)9,29(10)11)30(12)13/h19-30,33,37H,14-18H2,1-13H3. The number of hydrogen-bond acceptors (Lipinski definition) is 3. The summed E-state index contributed by atoms with van der Waals surface area (Å²) in [5.74, 6) is 1.77. The molecule has 0 aliphatic carbocycles. The van der Waals surface area contributed by atoms with Crippen molar-refractivity contribution in [2.75, 3.05) is 0 Å². The van der Waals surface area contributed by atoms with Crippen molar-refractivity contribution in [2.45, 2.75) is 161 Å². The average Bonchev–Trinajstić information content (AvgIpc) is 3.28. The minimum absolute atomic E-state index is 0.428. The van der Waals surface area contributed by atoms with E-state index in [4.69, 9.17) is 8.85 Å². The molecule has 0 amide bonds. The van der Waals surface area contributed by atoms with Gasteiger partial charge in [-0.2, -0.15) is 0 Å². The van der Waals surface area contributed by atoms with E-state index in [9.17, 15) is 5.11 Å². The van der Waals surface area contributed by atoms with Crippen molar-refractivity contribution >= 4 is 16.6 Å². The fourth-order valence-electron chi connectivity index (χ4n) is 7.66. The summed E-state index contributed by atoms with van der Waals surface area (Å²) < 4.78 is 16.8. The van der Waals surface area contributed by atoms with Crippen LogP contribution in [0.15, 0.2) is 36.4 Å². The van der Waals surface area contributed by atoms with Crippen LogP contribution >= 0.6 is 0 Å². The third kappa shape index (κ3) is 7.72. The summed E-state index contributed by atoms with van der Waals surface area (Å²) in [6.07, 6.45) is 5.05. The Morgan fingerprint density at radius 3 is 1.32 bits per heavy atom. The van der Waals surface area contributed by atoms with Gasteiger partial charge in [-0.1, -0.05) is 128 Å². The zero-order valence-corrected chi connectivity index (χ0v) is 30.8. The Morgan fingerprint density at radius 2 is 0.976 bits per heavy atom. The van der Waals surface area contributed by atoms with Crippen molar-refractivity contribution in [3.05, 3.63) is 42.0 Å². The molecular weight excluding hydrogens is 539 g/mol. The Bertz CT molecular complexity index is 945. The average molecular weight is 602 g/mol. The van der Waals surface area contributed by atoms with E-state index in [2.05, 4.69) is 131 Å². The lowest BCUT2D eigenvalue weighted by Crippen LogP contribution is -2.51. The molecule has 0 spiro atoms. The van der Waals surface area contributed by atoms with Crippen LogP contribution < -0.4 is 8.85 Å². The molecule has 0 saturated carbocycles. The largest absolute Gasteiger partial charge is 0.531 e. The van der Waals surface area contributed by atoms with Gasteiger partial charge in [0.05, 0.1) is 11.8 Å². The summed E-state index contributed by atoms with van der Waals surface area (Å²) in [4.78, 5) is 0. The van der Waals surface area contributed by atoms with Gasteiger partial charge in [-0.05, 0) is 57.4 Å². The summed E-state index contributed by atoms with van der Waals surface area (Å²) in [5, 5.41) is 10.9. The molecule has 2 rings (SSSR count). The Morgan fingerprint density at radius 1 is 0.585 bits per heavy atom. The summed E-state index contributed by atoms with van der Waals surface area (Å²) in [7, 11) is -4.40. The normalized spacial score (nSPS) is 13.9.